The number of fused-ring (bicyclic) bond motifs is 5. The number of anilines is 1. The van der Waals surface area contributed by atoms with Crippen LogP contribution in [0.1, 0.15) is 29.3 Å². The van der Waals surface area contributed by atoms with Crippen LogP contribution in [0.2, 0.25) is 0 Å². The maximum absolute atomic E-state index is 13.1. The van der Waals surface area contributed by atoms with E-state index in [1.54, 1.807) is 48.5 Å². The average Bonchev–Trinajstić information content (AvgIpc) is 3.58. The van der Waals surface area contributed by atoms with Gasteiger partial charge in [0.15, 0.2) is 0 Å². The summed E-state index contributed by atoms with van der Waals surface area (Å²) in [5, 5.41) is 10.8. The highest BCUT2D eigenvalue weighted by Crippen LogP contribution is 2.55. The van der Waals surface area contributed by atoms with Crippen LogP contribution >= 0.6 is 0 Å². The van der Waals surface area contributed by atoms with Crippen molar-refractivity contribution in [3.63, 3.8) is 0 Å². The van der Waals surface area contributed by atoms with Crippen molar-refractivity contribution in [3.05, 3.63) is 106 Å². The van der Waals surface area contributed by atoms with Gasteiger partial charge in [-0.1, -0.05) is 23.8 Å². The zero-order chi connectivity index (χ0) is 27.3. The topological polar surface area (TPSA) is 116 Å². The number of nitro groups is 1. The molecular weight excluding hydrogens is 500 g/mol. The van der Waals surface area contributed by atoms with E-state index in [2.05, 4.69) is 6.08 Å². The van der Waals surface area contributed by atoms with Gasteiger partial charge in [0.2, 0.25) is 11.8 Å². The van der Waals surface area contributed by atoms with Gasteiger partial charge in [0.1, 0.15) is 18.1 Å². The van der Waals surface area contributed by atoms with Gasteiger partial charge in [0, 0.05) is 12.1 Å². The van der Waals surface area contributed by atoms with E-state index in [4.69, 9.17) is 9.47 Å². The summed E-state index contributed by atoms with van der Waals surface area (Å²) in [7, 11) is 0. The van der Waals surface area contributed by atoms with E-state index < -0.39 is 10.9 Å². The molecule has 1 saturated carbocycles. The molecule has 2 fully saturated rings. The Balaban J connectivity index is 1.05. The van der Waals surface area contributed by atoms with E-state index in [1.807, 2.05) is 6.92 Å². The van der Waals surface area contributed by atoms with Crippen molar-refractivity contribution in [1.29, 1.82) is 0 Å². The molecule has 196 valence electrons. The maximum atomic E-state index is 13.1. The Morgan fingerprint density at radius 3 is 2.18 bits per heavy atom. The minimum atomic E-state index is -0.526. The number of benzene rings is 3. The van der Waals surface area contributed by atoms with Crippen molar-refractivity contribution in [1.82, 2.24) is 0 Å². The largest absolute Gasteiger partial charge is 0.457 e. The van der Waals surface area contributed by atoms with Crippen LogP contribution in [-0.4, -0.2) is 22.7 Å². The van der Waals surface area contributed by atoms with Gasteiger partial charge in [-0.3, -0.25) is 24.6 Å². The maximum Gasteiger partial charge on any atom is 0.338 e. The lowest BCUT2D eigenvalue weighted by atomic mass is 9.82. The molecule has 0 unspecified atom stereocenters. The molecule has 1 saturated heterocycles. The highest BCUT2D eigenvalue weighted by Gasteiger charge is 2.60. The predicted molar refractivity (Wildman–Crippen MR) is 140 cm³/mol. The summed E-state index contributed by atoms with van der Waals surface area (Å²) in [6, 6.07) is 19.0. The second-order valence-corrected chi connectivity index (χ2v) is 10.1. The average molecular weight is 525 g/mol. The summed E-state index contributed by atoms with van der Waals surface area (Å²) in [6.45, 7) is 2.08. The number of hydrogen-bond acceptors (Lipinski definition) is 7. The van der Waals surface area contributed by atoms with Gasteiger partial charge in [-0.25, -0.2) is 4.79 Å². The van der Waals surface area contributed by atoms with Crippen molar-refractivity contribution >= 4 is 29.2 Å². The van der Waals surface area contributed by atoms with E-state index in [9.17, 15) is 24.5 Å². The third-order valence-corrected chi connectivity index (χ3v) is 7.82. The molecule has 39 heavy (non-hydrogen) atoms. The second kappa shape index (κ2) is 9.50. The van der Waals surface area contributed by atoms with Crippen LogP contribution in [0.4, 0.5) is 11.4 Å². The van der Waals surface area contributed by atoms with E-state index in [0.717, 1.165) is 12.0 Å². The first-order valence-corrected chi connectivity index (χ1v) is 12.6. The molecule has 4 atom stereocenters. The zero-order valence-corrected chi connectivity index (χ0v) is 21.0. The monoisotopic (exact) mass is 524 g/mol. The lowest BCUT2D eigenvalue weighted by molar-refractivity contribution is -0.384. The molecular formula is C30H24N2O7. The summed E-state index contributed by atoms with van der Waals surface area (Å²) < 4.78 is 11.1. The summed E-state index contributed by atoms with van der Waals surface area (Å²) >= 11 is 0. The standard InChI is InChI=1S/C30H24N2O7/c1-17-14-20-15-25(17)27-26(20)28(33)31(29(27)34)21-6-4-19(5-7-21)30(35)38-16-18-2-10-23(11-3-18)39-24-12-8-22(9-13-24)32(36)37/h2-14,20,25-27H,15-16H2,1H3/t20-,25+,26+,27+/m1/s1. The van der Waals surface area contributed by atoms with Gasteiger partial charge in [-0.05, 0) is 79.3 Å². The summed E-state index contributed by atoms with van der Waals surface area (Å²) in [5.41, 5.74) is 2.71. The van der Waals surface area contributed by atoms with Crippen LogP contribution in [0.3, 0.4) is 0 Å². The second-order valence-electron chi connectivity index (χ2n) is 10.1. The fourth-order valence-corrected chi connectivity index (χ4v) is 5.93. The van der Waals surface area contributed by atoms with E-state index in [0.29, 0.717) is 22.7 Å². The molecule has 9 heteroatoms. The molecule has 0 radical (unpaired) electrons. The van der Waals surface area contributed by atoms with Crippen molar-refractivity contribution in [2.45, 2.75) is 20.0 Å². The van der Waals surface area contributed by atoms with Gasteiger partial charge >= 0.3 is 5.97 Å². The first kappa shape index (κ1) is 24.5. The molecule has 6 rings (SSSR count). The lowest BCUT2D eigenvalue weighted by Gasteiger charge is -2.19. The van der Waals surface area contributed by atoms with Crippen LogP contribution in [0.25, 0.3) is 0 Å². The molecule has 1 heterocycles. The van der Waals surface area contributed by atoms with Crippen molar-refractivity contribution in [2.24, 2.45) is 23.7 Å². The Bertz CT molecular complexity index is 1510. The van der Waals surface area contributed by atoms with Crippen LogP contribution in [0, 0.1) is 33.8 Å². The molecule has 0 spiro atoms. The number of nitro benzene ring substituents is 1. The highest BCUT2D eigenvalue weighted by molar-refractivity contribution is 6.23. The summed E-state index contributed by atoms with van der Waals surface area (Å²) in [5.74, 6) is -0.103. The number of hydrogen-bond donors (Lipinski definition) is 0. The molecule has 2 amide bonds. The fraction of sp³-hybridized carbons (Fsp3) is 0.233. The number of ether oxygens (including phenoxy) is 2. The zero-order valence-electron chi connectivity index (χ0n) is 21.0. The number of non-ortho nitro benzene ring substituents is 1. The van der Waals surface area contributed by atoms with Crippen LogP contribution in [0.15, 0.2) is 84.4 Å². The SMILES string of the molecule is CC1=C[C@@H]2C[C@@H]1[C@@H]1C(=O)N(c3ccc(C(=O)OCc4ccc(Oc5ccc([N+](=O)[O-])cc5)cc4)cc3)C(=O)[C@H]12. The minimum Gasteiger partial charge on any atom is -0.457 e. The Morgan fingerprint density at radius 1 is 0.923 bits per heavy atom. The molecule has 3 aliphatic rings. The van der Waals surface area contributed by atoms with Crippen molar-refractivity contribution < 1.29 is 28.8 Å². The number of amides is 2. The predicted octanol–water partition coefficient (Wildman–Crippen LogP) is 5.45. The Morgan fingerprint density at radius 2 is 1.54 bits per heavy atom. The molecule has 9 nitrogen and oxygen atoms in total. The number of nitrogens with zero attached hydrogens (tertiary/aromatic N) is 2. The van der Waals surface area contributed by atoms with Crippen LogP contribution in [-0.2, 0) is 20.9 Å². The van der Waals surface area contributed by atoms with E-state index in [1.165, 1.54) is 34.7 Å². The molecule has 0 N–H and O–H groups in total. The van der Waals surface area contributed by atoms with Crippen molar-refractivity contribution in [2.75, 3.05) is 4.90 Å². The number of carbonyl (C=O) groups excluding carboxylic acids is 3. The van der Waals surface area contributed by atoms with Crippen molar-refractivity contribution in [3.8, 4) is 11.5 Å². The third-order valence-electron chi connectivity index (χ3n) is 7.82. The lowest BCUT2D eigenvalue weighted by Crippen LogP contribution is -2.32. The van der Waals surface area contributed by atoms with Gasteiger partial charge in [-0.2, -0.15) is 0 Å². The normalized spacial score (nSPS) is 23.0. The molecule has 1 aliphatic heterocycles. The van der Waals surface area contributed by atoms with Crippen LogP contribution in [0.5, 0.6) is 11.5 Å². The minimum absolute atomic E-state index is 0.0196. The van der Waals surface area contributed by atoms with Gasteiger partial charge in [0.25, 0.3) is 5.69 Å². The molecule has 2 bridgehead atoms. The molecule has 3 aromatic carbocycles. The van der Waals surface area contributed by atoms with E-state index >= 15 is 0 Å². The van der Waals surface area contributed by atoms with Gasteiger partial charge < -0.3 is 9.47 Å². The third kappa shape index (κ3) is 4.35. The Labute approximate surface area is 223 Å². The first-order valence-electron chi connectivity index (χ1n) is 12.6. The molecule has 2 aliphatic carbocycles. The first-order chi connectivity index (χ1) is 18.8. The number of carbonyl (C=O) groups is 3. The Hall–Kier alpha value is -4.79. The highest BCUT2D eigenvalue weighted by atomic mass is 16.6. The van der Waals surface area contributed by atoms with E-state index in [-0.39, 0.29) is 47.8 Å². The van der Waals surface area contributed by atoms with Gasteiger partial charge in [-0.15, -0.1) is 0 Å². The number of esters is 1. The smallest absolute Gasteiger partial charge is 0.338 e. The number of allylic oxidation sites excluding steroid dienone is 2. The fourth-order valence-electron chi connectivity index (χ4n) is 5.93. The number of rotatable bonds is 7. The summed E-state index contributed by atoms with van der Waals surface area (Å²) in [4.78, 5) is 50.4. The number of imide groups is 1. The quantitative estimate of drug-likeness (QED) is 0.133. The molecule has 3 aromatic rings. The Kier molecular flexibility index (Phi) is 5.98. The van der Waals surface area contributed by atoms with Crippen LogP contribution < -0.4 is 9.64 Å². The van der Waals surface area contributed by atoms with Gasteiger partial charge in [0.05, 0.1) is 28.0 Å². The molecule has 0 aromatic heterocycles. The summed E-state index contributed by atoms with van der Waals surface area (Å²) in [6.07, 6.45) is 3.02.